The van der Waals surface area contributed by atoms with E-state index in [0.29, 0.717) is 9.87 Å². The van der Waals surface area contributed by atoms with Gasteiger partial charge in [-0.2, -0.15) is 0 Å². The van der Waals surface area contributed by atoms with Crippen LogP contribution in [0.3, 0.4) is 0 Å². The second-order valence-electron chi connectivity index (χ2n) is 11.6. The number of nitrogens with zero attached hydrogens (tertiary/aromatic N) is 3. The number of likely N-dealkylation sites (N-methyl/N-ethyl adjacent to an activating group) is 1. The van der Waals surface area contributed by atoms with Gasteiger partial charge in [-0.05, 0) is 55.8 Å². The van der Waals surface area contributed by atoms with Gasteiger partial charge >= 0.3 is 6.36 Å². The van der Waals surface area contributed by atoms with Crippen molar-refractivity contribution in [2.24, 2.45) is 0 Å². The number of aliphatic hydroxyl groups excluding tert-OH is 1. The van der Waals surface area contributed by atoms with Gasteiger partial charge in [0.05, 0.1) is 39.2 Å². The number of methoxy groups -OCH3 is 3. The zero-order valence-electron chi connectivity index (χ0n) is 27.2. The number of benzene rings is 3. The normalized spacial score (nSPS) is 21.0. The van der Waals surface area contributed by atoms with Crippen LogP contribution in [0.2, 0.25) is 5.02 Å². The molecule has 1 fully saturated rings. The van der Waals surface area contributed by atoms with E-state index < -0.39 is 62.3 Å². The molecular weight excluding hydrogens is 695 g/mol. The van der Waals surface area contributed by atoms with Gasteiger partial charge in [0.15, 0.2) is 17.0 Å². The van der Waals surface area contributed by atoms with Crippen molar-refractivity contribution in [2.75, 3.05) is 46.3 Å². The van der Waals surface area contributed by atoms with Crippen LogP contribution in [-0.4, -0.2) is 95.6 Å². The van der Waals surface area contributed by atoms with E-state index in [-0.39, 0.29) is 46.3 Å². The van der Waals surface area contributed by atoms with Crippen molar-refractivity contribution in [1.29, 1.82) is 0 Å². The third kappa shape index (κ3) is 5.89. The van der Waals surface area contributed by atoms with Gasteiger partial charge in [0.1, 0.15) is 10.6 Å². The molecule has 1 N–H and O–H groups in total. The Balaban J connectivity index is 1.90. The van der Waals surface area contributed by atoms with E-state index in [9.17, 15) is 31.5 Å². The number of halogens is 4. The fraction of sp³-hybridized carbons (Fsp3) is 0.375. The van der Waals surface area contributed by atoms with Crippen molar-refractivity contribution in [3.8, 4) is 23.0 Å². The van der Waals surface area contributed by atoms with Crippen LogP contribution in [0.25, 0.3) is 0 Å². The highest BCUT2D eigenvalue weighted by molar-refractivity contribution is 7.93. The molecule has 2 aliphatic heterocycles. The summed E-state index contributed by atoms with van der Waals surface area (Å²) in [7, 11) is 1.11. The van der Waals surface area contributed by atoms with E-state index >= 15 is 4.79 Å². The first-order valence-electron chi connectivity index (χ1n) is 14.7. The number of alkyl halides is 3. The number of anilines is 1. The highest BCUT2D eigenvalue weighted by atomic mass is 35.5. The van der Waals surface area contributed by atoms with Crippen LogP contribution in [0.4, 0.5) is 18.9 Å². The number of aryl methyl sites for hydroxylation is 1. The molecular formula is C32H33ClF3N3O9S. The number of ether oxygens (including phenoxy) is 4. The molecule has 2 heterocycles. The lowest BCUT2D eigenvalue weighted by Crippen LogP contribution is -2.59. The molecule has 0 saturated carbocycles. The van der Waals surface area contributed by atoms with Gasteiger partial charge < -0.3 is 29.0 Å². The molecule has 2 aliphatic rings. The maximum atomic E-state index is 15.4. The molecule has 3 atom stereocenters. The van der Waals surface area contributed by atoms with E-state index in [0.717, 1.165) is 26.4 Å². The van der Waals surface area contributed by atoms with Gasteiger partial charge in [-0.15, -0.1) is 13.2 Å². The first kappa shape index (κ1) is 36.0. The monoisotopic (exact) mass is 727 g/mol. The standard InChI is InChI=1S/C32H33ClF3N3O9S/c1-17-7-10-24(45-4)21(13-17)31(38-16-19(40)15-23(38)29(41)37(2)3)20-14-18(33)8-9-22(20)39(30(31)42)49(43,44)26-12-11-25(46-5)27(47-6)28(26)48-32(34,35)36/h7-14,19,23,40H,15-16H2,1-6H3/t19-,23+,31?/m1/s1. The summed E-state index contributed by atoms with van der Waals surface area (Å²) in [5.74, 6) is -3.84. The smallest absolute Gasteiger partial charge is 0.496 e. The lowest BCUT2D eigenvalue weighted by molar-refractivity contribution is -0.276. The Kier molecular flexibility index (Phi) is 9.48. The maximum Gasteiger partial charge on any atom is 0.573 e. The number of β-amino-alcohol motifs (C(OH)–C–C–N with tert-alkyl or cyclic N) is 1. The third-order valence-electron chi connectivity index (χ3n) is 8.44. The fourth-order valence-electron chi connectivity index (χ4n) is 6.49. The number of amides is 2. The molecule has 0 bridgehead atoms. The summed E-state index contributed by atoms with van der Waals surface area (Å²) in [5, 5.41) is 11.1. The summed E-state index contributed by atoms with van der Waals surface area (Å²) in [4.78, 5) is 30.6. The average molecular weight is 728 g/mol. The number of carbonyl (C=O) groups is 2. The number of hydrogen-bond donors (Lipinski definition) is 1. The zero-order chi connectivity index (χ0) is 36.2. The summed E-state index contributed by atoms with van der Waals surface area (Å²) in [6.07, 6.45) is -6.66. The molecule has 0 aromatic heterocycles. The van der Waals surface area contributed by atoms with Crippen LogP contribution in [0.1, 0.15) is 23.1 Å². The summed E-state index contributed by atoms with van der Waals surface area (Å²) in [6.45, 7) is 1.43. The number of fused-ring (bicyclic) bond motifs is 1. The van der Waals surface area contributed by atoms with Crippen LogP contribution in [0.15, 0.2) is 53.4 Å². The van der Waals surface area contributed by atoms with Crippen molar-refractivity contribution in [3.63, 3.8) is 0 Å². The topological polar surface area (TPSA) is 135 Å². The first-order valence-corrected chi connectivity index (χ1v) is 16.5. The van der Waals surface area contributed by atoms with Crippen molar-refractivity contribution in [2.45, 2.75) is 42.3 Å². The molecule has 5 rings (SSSR count). The summed E-state index contributed by atoms with van der Waals surface area (Å²) in [5.41, 5.74) is -1.81. The van der Waals surface area contributed by atoms with Gasteiger partial charge in [0.25, 0.3) is 15.9 Å². The molecule has 3 aromatic rings. The third-order valence-corrected chi connectivity index (χ3v) is 10.4. The second-order valence-corrected chi connectivity index (χ2v) is 13.8. The van der Waals surface area contributed by atoms with Gasteiger partial charge in [-0.25, -0.2) is 12.7 Å². The predicted molar refractivity (Wildman–Crippen MR) is 171 cm³/mol. The molecule has 1 saturated heterocycles. The van der Waals surface area contributed by atoms with E-state index in [1.54, 1.807) is 25.1 Å². The number of aliphatic hydroxyl groups is 1. The minimum absolute atomic E-state index is 0.0260. The molecule has 3 aromatic carbocycles. The molecule has 264 valence electrons. The minimum Gasteiger partial charge on any atom is -0.496 e. The summed E-state index contributed by atoms with van der Waals surface area (Å²) in [6, 6.07) is 9.39. The molecule has 0 spiro atoms. The highest BCUT2D eigenvalue weighted by Gasteiger charge is 2.64. The Bertz CT molecular complexity index is 1930. The first-order chi connectivity index (χ1) is 22.9. The van der Waals surface area contributed by atoms with Gasteiger partial charge in [0, 0.05) is 36.8 Å². The van der Waals surface area contributed by atoms with Crippen LogP contribution >= 0.6 is 11.6 Å². The average Bonchev–Trinajstić information content (AvgIpc) is 3.53. The number of hydrogen-bond acceptors (Lipinski definition) is 10. The van der Waals surface area contributed by atoms with Crippen molar-refractivity contribution >= 4 is 39.1 Å². The largest absolute Gasteiger partial charge is 0.573 e. The van der Waals surface area contributed by atoms with E-state index in [1.807, 2.05) is 0 Å². The molecule has 2 amide bonds. The Morgan fingerprint density at radius 1 is 0.980 bits per heavy atom. The molecule has 0 aliphatic carbocycles. The van der Waals surface area contributed by atoms with Crippen LogP contribution in [0, 0.1) is 6.92 Å². The predicted octanol–water partition coefficient (Wildman–Crippen LogP) is 4.08. The van der Waals surface area contributed by atoms with E-state index in [2.05, 4.69) is 4.74 Å². The van der Waals surface area contributed by atoms with Crippen LogP contribution < -0.4 is 23.3 Å². The summed E-state index contributed by atoms with van der Waals surface area (Å²) >= 11 is 6.50. The molecule has 49 heavy (non-hydrogen) atoms. The molecule has 1 unspecified atom stereocenters. The zero-order valence-corrected chi connectivity index (χ0v) is 28.7. The Morgan fingerprint density at radius 3 is 2.22 bits per heavy atom. The van der Waals surface area contributed by atoms with Crippen LogP contribution in [-0.2, 0) is 25.2 Å². The lowest BCUT2D eigenvalue weighted by Gasteiger charge is -2.42. The van der Waals surface area contributed by atoms with Gasteiger partial charge in [0.2, 0.25) is 11.7 Å². The number of rotatable bonds is 9. The van der Waals surface area contributed by atoms with Gasteiger partial charge in [-0.3, -0.25) is 14.5 Å². The second kappa shape index (κ2) is 12.9. The highest BCUT2D eigenvalue weighted by Crippen LogP contribution is 2.56. The number of carbonyl (C=O) groups excluding carboxylic acids is 2. The molecule has 17 heteroatoms. The SMILES string of the molecule is COc1ccc(C)cc1C1(N2C[C@H](O)C[C@H]2C(=O)N(C)C)C(=O)N(S(=O)(=O)c2ccc(OC)c(OC)c2OC(F)(F)F)c2ccc(Cl)cc21. The van der Waals surface area contributed by atoms with Gasteiger partial charge in [-0.1, -0.05) is 23.2 Å². The van der Waals surface area contributed by atoms with Crippen molar-refractivity contribution in [3.05, 3.63) is 70.2 Å². The Hall–Kier alpha value is -4.25. The Labute approximate surface area is 285 Å². The van der Waals surface area contributed by atoms with E-state index in [1.165, 1.54) is 49.2 Å². The molecule has 12 nitrogen and oxygen atoms in total. The molecule has 0 radical (unpaired) electrons. The van der Waals surface area contributed by atoms with Crippen molar-refractivity contribution < 1.29 is 55.2 Å². The maximum absolute atomic E-state index is 15.4. The lowest BCUT2D eigenvalue weighted by atomic mass is 9.80. The summed E-state index contributed by atoms with van der Waals surface area (Å²) < 4.78 is 91.4. The van der Waals surface area contributed by atoms with E-state index in [4.69, 9.17) is 25.8 Å². The minimum atomic E-state index is -5.39. The number of sulfonamides is 1. The fourth-order valence-corrected chi connectivity index (χ4v) is 8.24. The number of likely N-dealkylation sites (tertiary alicyclic amines) is 1. The van der Waals surface area contributed by atoms with Crippen molar-refractivity contribution in [1.82, 2.24) is 9.80 Å². The Morgan fingerprint density at radius 2 is 1.63 bits per heavy atom. The quantitative estimate of drug-likeness (QED) is 0.344. The van der Waals surface area contributed by atoms with Crippen LogP contribution in [0.5, 0.6) is 23.0 Å².